The van der Waals surface area contributed by atoms with E-state index >= 15 is 0 Å². The summed E-state index contributed by atoms with van der Waals surface area (Å²) in [6, 6.07) is 21.6. The Kier molecular flexibility index (Phi) is 5.99. The number of carbonyl (C=O) groups is 2. The van der Waals surface area contributed by atoms with Crippen LogP contribution in [0.2, 0.25) is 0 Å². The second-order valence-corrected chi connectivity index (χ2v) is 8.52. The Balaban J connectivity index is 1.51. The molecule has 1 saturated carbocycles. The van der Waals surface area contributed by atoms with E-state index in [0.717, 1.165) is 46.3 Å². The Hall–Kier alpha value is -4.13. The zero-order valence-electron chi connectivity index (χ0n) is 18.6. The molecule has 5 rings (SSSR count). The number of hydrogen-bond acceptors (Lipinski definition) is 4. The molecular formula is C27H25N3O4. The van der Waals surface area contributed by atoms with Gasteiger partial charge in [0.05, 0.1) is 18.0 Å². The fraction of sp³-hybridized carbons (Fsp3) is 0.222. The van der Waals surface area contributed by atoms with E-state index in [9.17, 15) is 14.7 Å². The van der Waals surface area contributed by atoms with Crippen molar-refractivity contribution in [1.29, 1.82) is 0 Å². The van der Waals surface area contributed by atoms with Crippen molar-refractivity contribution >= 4 is 29.0 Å². The first-order valence-corrected chi connectivity index (χ1v) is 11.4. The topological polar surface area (TPSA) is 93.4 Å². The lowest BCUT2D eigenvalue weighted by Crippen LogP contribution is -2.18. The molecule has 1 aliphatic rings. The van der Waals surface area contributed by atoms with Crippen LogP contribution in [-0.4, -0.2) is 27.3 Å². The molecule has 0 atom stereocenters. The molecule has 0 spiro atoms. The molecule has 1 heterocycles. The van der Waals surface area contributed by atoms with Gasteiger partial charge in [-0.3, -0.25) is 14.3 Å². The molecular weight excluding hydrogens is 430 g/mol. The molecule has 4 aromatic rings. The fourth-order valence-corrected chi connectivity index (χ4v) is 4.36. The van der Waals surface area contributed by atoms with Gasteiger partial charge in [0.15, 0.2) is 0 Å². The Morgan fingerprint density at radius 3 is 2.68 bits per heavy atom. The molecule has 7 heteroatoms. The van der Waals surface area contributed by atoms with Crippen molar-refractivity contribution in [2.24, 2.45) is 0 Å². The van der Waals surface area contributed by atoms with E-state index in [2.05, 4.69) is 28.2 Å². The summed E-state index contributed by atoms with van der Waals surface area (Å²) in [5, 5.41) is 17.8. The van der Waals surface area contributed by atoms with Gasteiger partial charge in [-0.05, 0) is 60.7 Å². The molecule has 0 aliphatic heterocycles. The minimum Gasteiger partial charge on any atom is -0.487 e. The summed E-state index contributed by atoms with van der Waals surface area (Å²) in [4.78, 5) is 22.1. The molecule has 0 saturated heterocycles. The number of carboxylic acids is 1. The van der Waals surface area contributed by atoms with Crippen LogP contribution in [0, 0.1) is 0 Å². The number of rotatable bonds is 9. The standard InChI is InChI=1S/C27H25N3O4/c31-17-28-21-7-3-6-18(13-21)19-11-12-25-23(14-19)24(29-30(25)22-8-4-9-22)16-34-26-10-2-1-5-20(26)15-27(32)33/h1-3,5-7,10-14,17,22H,4,8-9,15-16H2,(H,28,31)(H,32,33). The third-order valence-corrected chi connectivity index (χ3v) is 6.30. The number of amides is 1. The number of ether oxygens (including phenoxy) is 1. The quantitative estimate of drug-likeness (QED) is 0.338. The van der Waals surface area contributed by atoms with Crippen LogP contribution < -0.4 is 10.1 Å². The molecule has 3 aromatic carbocycles. The Morgan fingerprint density at radius 2 is 1.91 bits per heavy atom. The molecule has 1 fully saturated rings. The van der Waals surface area contributed by atoms with Gasteiger partial charge in [-0.1, -0.05) is 36.4 Å². The lowest BCUT2D eigenvalue weighted by molar-refractivity contribution is -0.136. The average molecular weight is 456 g/mol. The predicted octanol–water partition coefficient (Wildman–Crippen LogP) is 5.20. The molecule has 7 nitrogen and oxygen atoms in total. The van der Waals surface area contributed by atoms with E-state index in [-0.39, 0.29) is 13.0 Å². The van der Waals surface area contributed by atoms with Crippen molar-refractivity contribution < 1.29 is 19.4 Å². The van der Waals surface area contributed by atoms with Crippen LogP contribution in [-0.2, 0) is 22.6 Å². The first-order chi connectivity index (χ1) is 16.6. The van der Waals surface area contributed by atoms with Crippen molar-refractivity contribution in [3.05, 3.63) is 78.0 Å². The summed E-state index contributed by atoms with van der Waals surface area (Å²) in [7, 11) is 0. The summed E-state index contributed by atoms with van der Waals surface area (Å²) in [5.74, 6) is -0.341. The molecule has 1 aliphatic carbocycles. The maximum atomic E-state index is 11.2. The normalized spacial score (nSPS) is 13.4. The van der Waals surface area contributed by atoms with E-state index in [0.29, 0.717) is 23.8 Å². The largest absolute Gasteiger partial charge is 0.487 e. The van der Waals surface area contributed by atoms with E-state index < -0.39 is 5.97 Å². The van der Waals surface area contributed by atoms with Crippen LogP contribution in [0.15, 0.2) is 66.7 Å². The third kappa shape index (κ3) is 4.37. The number of fused-ring (bicyclic) bond motifs is 1. The molecule has 0 bridgehead atoms. The second kappa shape index (κ2) is 9.39. The second-order valence-electron chi connectivity index (χ2n) is 8.52. The van der Waals surface area contributed by atoms with Gasteiger partial charge < -0.3 is 15.2 Å². The molecule has 0 radical (unpaired) electrons. The van der Waals surface area contributed by atoms with Gasteiger partial charge in [-0.25, -0.2) is 0 Å². The van der Waals surface area contributed by atoms with Crippen LogP contribution in [0.3, 0.4) is 0 Å². The smallest absolute Gasteiger partial charge is 0.307 e. The number of hydrogen-bond donors (Lipinski definition) is 2. The van der Waals surface area contributed by atoms with Crippen molar-refractivity contribution in [2.45, 2.75) is 38.3 Å². The number of aromatic nitrogens is 2. The van der Waals surface area contributed by atoms with Crippen LogP contribution in [0.1, 0.15) is 36.6 Å². The number of aliphatic carboxylic acids is 1. The minimum absolute atomic E-state index is 0.0945. The van der Waals surface area contributed by atoms with E-state index in [1.165, 1.54) is 6.42 Å². The van der Waals surface area contributed by atoms with Gasteiger partial charge >= 0.3 is 5.97 Å². The summed E-state index contributed by atoms with van der Waals surface area (Å²) in [5.41, 5.74) is 5.25. The number of nitrogens with zero attached hydrogens (tertiary/aromatic N) is 2. The molecule has 0 unspecified atom stereocenters. The molecule has 2 N–H and O–H groups in total. The first-order valence-electron chi connectivity index (χ1n) is 11.4. The maximum absolute atomic E-state index is 11.2. The summed E-state index contributed by atoms with van der Waals surface area (Å²) >= 11 is 0. The van der Waals surface area contributed by atoms with Gasteiger partial charge in [0.2, 0.25) is 6.41 Å². The van der Waals surface area contributed by atoms with Crippen LogP contribution in [0.5, 0.6) is 5.75 Å². The maximum Gasteiger partial charge on any atom is 0.307 e. The van der Waals surface area contributed by atoms with Gasteiger partial charge in [-0.15, -0.1) is 0 Å². The third-order valence-electron chi connectivity index (χ3n) is 6.30. The SMILES string of the molecule is O=CNc1cccc(-c2ccc3c(c2)c(COc2ccccc2CC(=O)O)nn3C2CCC2)c1. The lowest BCUT2D eigenvalue weighted by atomic mass is 9.93. The number of carbonyl (C=O) groups excluding carboxylic acids is 1. The first kappa shape index (κ1) is 21.7. The van der Waals surface area contributed by atoms with Crippen LogP contribution in [0.4, 0.5) is 5.69 Å². The van der Waals surface area contributed by atoms with Gasteiger partial charge in [0.1, 0.15) is 18.1 Å². The van der Waals surface area contributed by atoms with E-state index in [1.807, 2.05) is 36.4 Å². The van der Waals surface area contributed by atoms with Crippen LogP contribution >= 0.6 is 0 Å². The zero-order chi connectivity index (χ0) is 23.5. The predicted molar refractivity (Wildman–Crippen MR) is 130 cm³/mol. The summed E-state index contributed by atoms with van der Waals surface area (Å²) in [6.45, 7) is 0.239. The highest BCUT2D eigenvalue weighted by Gasteiger charge is 2.24. The summed E-state index contributed by atoms with van der Waals surface area (Å²) < 4.78 is 8.19. The fourth-order valence-electron chi connectivity index (χ4n) is 4.36. The molecule has 34 heavy (non-hydrogen) atoms. The number of carboxylic acid groups (broad SMARTS) is 1. The molecule has 1 amide bonds. The Morgan fingerprint density at radius 1 is 1.09 bits per heavy atom. The molecule has 172 valence electrons. The van der Waals surface area contributed by atoms with Crippen molar-refractivity contribution in [3.63, 3.8) is 0 Å². The summed E-state index contributed by atoms with van der Waals surface area (Å²) in [6.07, 6.45) is 4.00. The number of para-hydroxylation sites is 1. The van der Waals surface area contributed by atoms with E-state index in [1.54, 1.807) is 12.1 Å². The van der Waals surface area contributed by atoms with Crippen molar-refractivity contribution in [1.82, 2.24) is 9.78 Å². The Bertz CT molecular complexity index is 1360. The van der Waals surface area contributed by atoms with Crippen molar-refractivity contribution in [2.75, 3.05) is 5.32 Å². The number of anilines is 1. The van der Waals surface area contributed by atoms with Gasteiger partial charge in [0.25, 0.3) is 0 Å². The number of benzene rings is 3. The lowest BCUT2D eigenvalue weighted by Gasteiger charge is -2.26. The monoisotopic (exact) mass is 455 g/mol. The average Bonchev–Trinajstić information content (AvgIpc) is 3.15. The van der Waals surface area contributed by atoms with Crippen LogP contribution in [0.25, 0.3) is 22.0 Å². The highest BCUT2D eigenvalue weighted by molar-refractivity contribution is 5.88. The van der Waals surface area contributed by atoms with Gasteiger partial charge in [-0.2, -0.15) is 5.10 Å². The van der Waals surface area contributed by atoms with E-state index in [4.69, 9.17) is 9.84 Å². The molecule has 1 aromatic heterocycles. The highest BCUT2D eigenvalue weighted by atomic mass is 16.5. The minimum atomic E-state index is -0.897. The van der Waals surface area contributed by atoms with Gasteiger partial charge in [0, 0.05) is 16.6 Å². The zero-order valence-corrected chi connectivity index (χ0v) is 18.6. The van der Waals surface area contributed by atoms with Crippen molar-refractivity contribution in [3.8, 4) is 16.9 Å². The Labute approximate surface area is 197 Å². The highest BCUT2D eigenvalue weighted by Crippen LogP contribution is 2.36. The number of nitrogens with one attached hydrogen (secondary N) is 1.